The second kappa shape index (κ2) is 15.5. The molecule has 2 bridgehead atoms. The van der Waals surface area contributed by atoms with E-state index in [1.54, 1.807) is 60.3 Å². The molecule has 6 atom stereocenters. The molecule has 246 valence electrons. The molecule has 0 saturated carbocycles. The average Bonchev–Trinajstić information content (AvgIpc) is 3.68. The lowest BCUT2D eigenvalue weighted by molar-refractivity contribution is -0.159. The molecule has 3 fully saturated rings. The van der Waals surface area contributed by atoms with Crippen LogP contribution >= 0.6 is 0 Å². The van der Waals surface area contributed by atoms with Gasteiger partial charge in [-0.3, -0.25) is 19.2 Å². The van der Waals surface area contributed by atoms with Crippen molar-refractivity contribution in [3.63, 3.8) is 0 Å². The monoisotopic (exact) mass is 625 g/mol. The summed E-state index contributed by atoms with van der Waals surface area (Å²) in [5.41, 5.74) is -0.537. The Morgan fingerprint density at radius 3 is 2.58 bits per heavy atom. The number of methoxy groups -OCH3 is 1. The van der Waals surface area contributed by atoms with Crippen molar-refractivity contribution in [3.8, 4) is 5.75 Å². The number of carbonyl (C=O) groups excluding carboxylic acids is 4. The van der Waals surface area contributed by atoms with Gasteiger partial charge in [0, 0.05) is 31.8 Å². The molecule has 45 heavy (non-hydrogen) atoms. The number of nitrogens with zero attached hydrogens (tertiary/aromatic N) is 2. The Bertz CT molecular complexity index is 1240. The van der Waals surface area contributed by atoms with Gasteiger partial charge in [0.1, 0.15) is 23.5 Å². The molecule has 3 aliphatic heterocycles. The van der Waals surface area contributed by atoms with Crippen LogP contribution in [0.3, 0.4) is 0 Å². The number of fused-ring (bicyclic) bond motifs is 1. The van der Waals surface area contributed by atoms with Gasteiger partial charge in [0.25, 0.3) is 5.91 Å². The van der Waals surface area contributed by atoms with Crippen molar-refractivity contribution in [2.45, 2.75) is 82.1 Å². The fourth-order valence-electron chi connectivity index (χ4n) is 6.95. The maximum Gasteiger partial charge on any atom is 0.312 e. The van der Waals surface area contributed by atoms with Crippen LogP contribution in [0.4, 0.5) is 5.69 Å². The predicted octanol–water partition coefficient (Wildman–Crippen LogP) is 3.16. The molecule has 2 N–H and O–H groups in total. The molecule has 3 heterocycles. The standard InChI is InChI=1S/C34H47N3O8/c1-5-7-12-27(39)35-22-23(3)44-33(42)28-26-17-18-34(45-26)29(28)31(40)37(20-10-8-9-11-21-38)30(34)32(41)36(19-6-2)24-13-15-25(43-4)16-14-24/h5-6,13-16,23,26,28-30,38H,1-2,7-12,17-22H2,3-4H3,(H,35,39)/t23-,26-,28+,29+,30-,34+/m1/s1. The summed E-state index contributed by atoms with van der Waals surface area (Å²) in [5.74, 6) is -2.35. The Morgan fingerprint density at radius 1 is 1.18 bits per heavy atom. The summed E-state index contributed by atoms with van der Waals surface area (Å²) in [4.78, 5) is 57.7. The number of benzene rings is 1. The van der Waals surface area contributed by atoms with Crippen molar-refractivity contribution in [1.82, 2.24) is 10.2 Å². The lowest BCUT2D eigenvalue weighted by atomic mass is 9.70. The van der Waals surface area contributed by atoms with Gasteiger partial charge in [0.05, 0.1) is 31.6 Å². The normalized spacial score (nSPS) is 25.4. The first kappa shape index (κ1) is 34.2. The van der Waals surface area contributed by atoms with Crippen LogP contribution in [0, 0.1) is 11.8 Å². The molecule has 4 rings (SSSR count). The molecule has 3 saturated heterocycles. The number of amides is 3. The number of anilines is 1. The molecule has 0 radical (unpaired) electrons. The van der Waals surface area contributed by atoms with Gasteiger partial charge >= 0.3 is 5.97 Å². The zero-order valence-corrected chi connectivity index (χ0v) is 26.4. The van der Waals surface area contributed by atoms with E-state index in [2.05, 4.69) is 18.5 Å². The Labute approximate surface area is 265 Å². The number of hydrogen-bond donors (Lipinski definition) is 2. The first-order valence-corrected chi connectivity index (χ1v) is 16.0. The number of likely N-dealkylation sites (tertiary alicyclic amines) is 1. The topological polar surface area (TPSA) is 135 Å². The summed E-state index contributed by atoms with van der Waals surface area (Å²) >= 11 is 0. The van der Waals surface area contributed by atoms with Crippen LogP contribution in [0.5, 0.6) is 5.75 Å². The molecule has 3 aliphatic rings. The van der Waals surface area contributed by atoms with E-state index in [1.165, 1.54) is 0 Å². The van der Waals surface area contributed by atoms with Gasteiger partial charge in [-0.15, -0.1) is 13.2 Å². The third-order valence-corrected chi connectivity index (χ3v) is 9.05. The van der Waals surface area contributed by atoms with Gasteiger partial charge < -0.3 is 34.4 Å². The zero-order valence-electron chi connectivity index (χ0n) is 26.4. The van der Waals surface area contributed by atoms with Crippen LogP contribution in [0.2, 0.25) is 0 Å². The fraction of sp³-hybridized carbons (Fsp3) is 0.588. The van der Waals surface area contributed by atoms with E-state index in [0.29, 0.717) is 56.5 Å². The summed E-state index contributed by atoms with van der Waals surface area (Å²) in [7, 11) is 1.57. The number of rotatable bonds is 18. The van der Waals surface area contributed by atoms with Crippen molar-refractivity contribution < 1.29 is 38.5 Å². The predicted molar refractivity (Wildman–Crippen MR) is 168 cm³/mol. The summed E-state index contributed by atoms with van der Waals surface area (Å²) in [6.07, 6.45) is 6.87. The molecule has 3 amide bonds. The quantitative estimate of drug-likeness (QED) is 0.144. The summed E-state index contributed by atoms with van der Waals surface area (Å²) in [6.45, 7) is 9.95. The second-order valence-corrected chi connectivity index (χ2v) is 12.0. The molecular formula is C34H47N3O8. The number of carbonyl (C=O) groups is 4. The van der Waals surface area contributed by atoms with E-state index in [-0.39, 0.29) is 37.4 Å². The van der Waals surface area contributed by atoms with Crippen LogP contribution in [0.25, 0.3) is 0 Å². The van der Waals surface area contributed by atoms with Crippen molar-refractivity contribution in [3.05, 3.63) is 49.6 Å². The van der Waals surface area contributed by atoms with Gasteiger partial charge in [0.2, 0.25) is 11.8 Å². The molecule has 1 spiro atoms. The summed E-state index contributed by atoms with van der Waals surface area (Å²) in [6, 6.07) is 6.18. The highest BCUT2D eigenvalue weighted by atomic mass is 16.6. The van der Waals surface area contributed by atoms with Crippen LogP contribution < -0.4 is 15.0 Å². The highest BCUT2D eigenvalue weighted by Gasteiger charge is 2.75. The third-order valence-electron chi connectivity index (χ3n) is 9.05. The number of unbranched alkanes of at least 4 members (excludes halogenated alkanes) is 3. The van der Waals surface area contributed by atoms with E-state index < -0.39 is 41.7 Å². The SMILES string of the molecule is C=CCCC(=O)NC[C@@H](C)OC(=O)[C@@H]1[C@H]2C(=O)N(CCCCCCO)[C@H](C(=O)N(CC=C)c3ccc(OC)cc3)[C@]23CC[C@H]1O3. The molecule has 11 nitrogen and oxygen atoms in total. The first-order valence-electron chi connectivity index (χ1n) is 16.0. The molecule has 1 aromatic rings. The highest BCUT2D eigenvalue weighted by molar-refractivity contribution is 6.04. The molecule has 0 aromatic heterocycles. The van der Waals surface area contributed by atoms with Crippen LogP contribution in [-0.2, 0) is 28.7 Å². The van der Waals surface area contributed by atoms with Gasteiger partial charge in [-0.25, -0.2) is 0 Å². The number of allylic oxidation sites excluding steroid dienone is 1. The maximum absolute atomic E-state index is 14.6. The number of esters is 1. The van der Waals surface area contributed by atoms with Gasteiger partial charge in [-0.1, -0.05) is 25.0 Å². The number of hydrogen-bond acceptors (Lipinski definition) is 8. The lowest BCUT2D eigenvalue weighted by Gasteiger charge is -2.36. The summed E-state index contributed by atoms with van der Waals surface area (Å²) in [5, 5.41) is 12.0. The molecular weight excluding hydrogens is 578 g/mol. The first-order chi connectivity index (χ1) is 21.7. The number of ether oxygens (including phenoxy) is 3. The van der Waals surface area contributed by atoms with E-state index in [0.717, 1.165) is 12.8 Å². The Kier molecular flexibility index (Phi) is 11.8. The van der Waals surface area contributed by atoms with E-state index >= 15 is 0 Å². The zero-order chi connectivity index (χ0) is 32.6. The Hall–Kier alpha value is -3.70. The largest absolute Gasteiger partial charge is 0.497 e. The number of aliphatic hydroxyl groups is 1. The van der Waals surface area contributed by atoms with E-state index in [4.69, 9.17) is 14.2 Å². The Balaban J connectivity index is 1.59. The van der Waals surface area contributed by atoms with Crippen molar-refractivity contribution in [2.75, 3.05) is 38.3 Å². The van der Waals surface area contributed by atoms with Crippen LogP contribution in [0.1, 0.15) is 58.3 Å². The third kappa shape index (κ3) is 7.25. The molecule has 11 heteroatoms. The van der Waals surface area contributed by atoms with Crippen molar-refractivity contribution >= 4 is 29.4 Å². The molecule has 1 aromatic carbocycles. The van der Waals surface area contributed by atoms with Gasteiger partial charge in [-0.05, 0) is 63.3 Å². The second-order valence-electron chi connectivity index (χ2n) is 12.0. The lowest BCUT2D eigenvalue weighted by Crippen LogP contribution is -2.56. The molecule has 0 unspecified atom stereocenters. The Morgan fingerprint density at radius 2 is 1.91 bits per heavy atom. The van der Waals surface area contributed by atoms with Gasteiger partial charge in [0.15, 0.2) is 0 Å². The van der Waals surface area contributed by atoms with Crippen LogP contribution in [-0.4, -0.2) is 90.9 Å². The molecule has 0 aliphatic carbocycles. The highest BCUT2D eigenvalue weighted by Crippen LogP contribution is 2.59. The minimum absolute atomic E-state index is 0.100. The van der Waals surface area contributed by atoms with Gasteiger partial charge in [-0.2, -0.15) is 0 Å². The van der Waals surface area contributed by atoms with E-state index in [9.17, 15) is 24.3 Å². The van der Waals surface area contributed by atoms with Crippen LogP contribution in [0.15, 0.2) is 49.6 Å². The summed E-state index contributed by atoms with van der Waals surface area (Å²) < 4.78 is 17.6. The number of nitrogens with one attached hydrogen (secondary N) is 1. The number of aliphatic hydroxyl groups excluding tert-OH is 1. The van der Waals surface area contributed by atoms with E-state index in [1.807, 2.05) is 0 Å². The smallest absolute Gasteiger partial charge is 0.312 e. The average molecular weight is 626 g/mol. The maximum atomic E-state index is 14.6. The minimum Gasteiger partial charge on any atom is -0.497 e. The fourth-order valence-corrected chi connectivity index (χ4v) is 6.95. The minimum atomic E-state index is -1.17. The van der Waals surface area contributed by atoms with Crippen molar-refractivity contribution in [2.24, 2.45) is 11.8 Å². The van der Waals surface area contributed by atoms with Crippen molar-refractivity contribution in [1.29, 1.82) is 0 Å².